The van der Waals surface area contributed by atoms with Crippen molar-refractivity contribution in [2.75, 3.05) is 12.4 Å². The predicted molar refractivity (Wildman–Crippen MR) is 116 cm³/mol. The van der Waals surface area contributed by atoms with Gasteiger partial charge < -0.3 is 4.74 Å². The second kappa shape index (κ2) is 9.00. The molecule has 162 valence electrons. The van der Waals surface area contributed by atoms with Crippen LogP contribution in [0.25, 0.3) is 5.69 Å². The normalized spacial score (nSPS) is 13.3. The van der Waals surface area contributed by atoms with E-state index in [0.29, 0.717) is 33.8 Å². The molecule has 0 radical (unpaired) electrons. The van der Waals surface area contributed by atoms with E-state index in [1.807, 2.05) is 19.1 Å². The minimum Gasteiger partial charge on any atom is -0.494 e. The molecule has 0 bridgehead atoms. The Morgan fingerprint density at radius 3 is 2.48 bits per heavy atom. The first-order chi connectivity index (χ1) is 14.9. The summed E-state index contributed by atoms with van der Waals surface area (Å²) in [6.07, 6.45) is -3.63. The Labute approximate surface area is 185 Å². The van der Waals surface area contributed by atoms with Gasteiger partial charge >= 0.3 is 6.18 Å². The van der Waals surface area contributed by atoms with Gasteiger partial charge in [-0.15, -0.1) is 11.8 Å². The zero-order valence-electron chi connectivity index (χ0n) is 16.6. The van der Waals surface area contributed by atoms with Crippen LogP contribution in [0.5, 0.6) is 5.75 Å². The van der Waals surface area contributed by atoms with Crippen LogP contribution < -0.4 is 10.3 Å². The van der Waals surface area contributed by atoms with Gasteiger partial charge in [0.15, 0.2) is 5.16 Å². The summed E-state index contributed by atoms with van der Waals surface area (Å²) in [5, 5.41) is 0.523. The number of aromatic nitrogens is 2. The number of rotatable bonds is 6. The van der Waals surface area contributed by atoms with E-state index in [1.165, 1.54) is 35.7 Å². The van der Waals surface area contributed by atoms with Gasteiger partial charge in [0.2, 0.25) is 0 Å². The topological polar surface area (TPSA) is 44.1 Å². The van der Waals surface area contributed by atoms with Crippen molar-refractivity contribution < 1.29 is 17.9 Å². The number of thioether (sulfide) groups is 2. The first kappa shape index (κ1) is 21.8. The number of fused-ring (bicyclic) bond motifs is 1. The highest BCUT2D eigenvalue weighted by Crippen LogP contribution is 2.33. The fourth-order valence-electron chi connectivity index (χ4n) is 3.21. The third kappa shape index (κ3) is 4.77. The van der Waals surface area contributed by atoms with Gasteiger partial charge in [0, 0.05) is 17.9 Å². The van der Waals surface area contributed by atoms with Gasteiger partial charge in [0.1, 0.15) is 5.75 Å². The zero-order valence-corrected chi connectivity index (χ0v) is 18.2. The molecule has 0 amide bonds. The van der Waals surface area contributed by atoms with Crippen LogP contribution in [0.3, 0.4) is 0 Å². The molecule has 1 aromatic heterocycles. The molecule has 0 aliphatic carbocycles. The molecule has 0 fully saturated rings. The Bertz CT molecular complexity index is 1130. The molecule has 1 aliphatic rings. The van der Waals surface area contributed by atoms with Gasteiger partial charge in [-0.25, -0.2) is 4.98 Å². The van der Waals surface area contributed by atoms with Crippen molar-refractivity contribution in [2.45, 2.75) is 35.3 Å². The fourth-order valence-corrected chi connectivity index (χ4v) is 5.22. The SMILES string of the molecule is CCOc1ccc(-n2c(SCc3ccc(C(F)(F)F)cc3)nc3c(c2=O)SCC3)cc1. The summed E-state index contributed by atoms with van der Waals surface area (Å²) in [5.41, 5.74) is 1.38. The van der Waals surface area contributed by atoms with E-state index in [9.17, 15) is 18.0 Å². The molecular formula is C22H19F3N2O2S2. The molecule has 0 unspecified atom stereocenters. The third-order valence-corrected chi connectivity index (χ3v) is 6.84. The first-order valence-electron chi connectivity index (χ1n) is 9.67. The van der Waals surface area contributed by atoms with Crippen LogP contribution in [0.2, 0.25) is 0 Å². The zero-order chi connectivity index (χ0) is 22.0. The molecule has 0 saturated heterocycles. The van der Waals surface area contributed by atoms with E-state index >= 15 is 0 Å². The van der Waals surface area contributed by atoms with Crippen molar-refractivity contribution >= 4 is 23.5 Å². The van der Waals surface area contributed by atoms with E-state index in [4.69, 9.17) is 9.72 Å². The third-order valence-electron chi connectivity index (χ3n) is 4.72. The molecular weight excluding hydrogens is 445 g/mol. The van der Waals surface area contributed by atoms with Crippen LogP contribution in [0, 0.1) is 0 Å². The molecule has 0 saturated carbocycles. The van der Waals surface area contributed by atoms with Crippen molar-refractivity contribution in [3.63, 3.8) is 0 Å². The maximum Gasteiger partial charge on any atom is 0.416 e. The Balaban J connectivity index is 1.65. The Morgan fingerprint density at radius 1 is 1.13 bits per heavy atom. The molecule has 1 aliphatic heterocycles. The summed E-state index contributed by atoms with van der Waals surface area (Å²) in [4.78, 5) is 18.6. The summed E-state index contributed by atoms with van der Waals surface area (Å²) in [5.74, 6) is 1.92. The van der Waals surface area contributed by atoms with Crippen LogP contribution in [0.1, 0.15) is 23.7 Å². The van der Waals surface area contributed by atoms with Crippen LogP contribution in [-0.2, 0) is 18.3 Å². The number of aryl methyl sites for hydroxylation is 1. The van der Waals surface area contributed by atoms with Crippen LogP contribution in [0.4, 0.5) is 13.2 Å². The fraction of sp³-hybridized carbons (Fsp3) is 0.273. The average Bonchev–Trinajstić information content (AvgIpc) is 3.22. The maximum atomic E-state index is 13.2. The summed E-state index contributed by atoms with van der Waals surface area (Å²) in [6, 6.07) is 12.3. The largest absolute Gasteiger partial charge is 0.494 e. The van der Waals surface area contributed by atoms with Gasteiger partial charge in [-0.05, 0) is 48.9 Å². The lowest BCUT2D eigenvalue weighted by Gasteiger charge is -2.14. The molecule has 9 heteroatoms. The summed E-state index contributed by atoms with van der Waals surface area (Å²) < 4.78 is 45.4. The maximum absolute atomic E-state index is 13.2. The highest BCUT2D eigenvalue weighted by atomic mass is 32.2. The van der Waals surface area contributed by atoms with E-state index in [0.717, 1.165) is 35.6 Å². The van der Waals surface area contributed by atoms with Crippen LogP contribution >= 0.6 is 23.5 Å². The smallest absolute Gasteiger partial charge is 0.416 e. The van der Waals surface area contributed by atoms with E-state index in [-0.39, 0.29) is 5.56 Å². The molecule has 4 rings (SSSR count). The van der Waals surface area contributed by atoms with Crippen LogP contribution in [0.15, 0.2) is 63.4 Å². The number of alkyl halides is 3. The second-order valence-corrected chi connectivity index (χ2v) is 8.87. The van der Waals surface area contributed by atoms with Gasteiger partial charge in [0.05, 0.1) is 28.4 Å². The second-order valence-electron chi connectivity index (χ2n) is 6.82. The molecule has 3 aromatic rings. The van der Waals surface area contributed by atoms with Gasteiger partial charge in [-0.2, -0.15) is 13.2 Å². The van der Waals surface area contributed by atoms with Crippen molar-refractivity contribution in [1.29, 1.82) is 0 Å². The first-order valence-corrected chi connectivity index (χ1v) is 11.6. The lowest BCUT2D eigenvalue weighted by atomic mass is 10.1. The quantitative estimate of drug-likeness (QED) is 0.351. The minimum absolute atomic E-state index is 0.119. The van der Waals surface area contributed by atoms with Gasteiger partial charge in [-0.1, -0.05) is 23.9 Å². The number of hydrogen-bond donors (Lipinski definition) is 0. The average molecular weight is 465 g/mol. The van der Waals surface area contributed by atoms with Gasteiger partial charge in [-0.3, -0.25) is 9.36 Å². The lowest BCUT2D eigenvalue weighted by Crippen LogP contribution is -2.23. The number of hydrogen-bond acceptors (Lipinski definition) is 5. The molecule has 4 nitrogen and oxygen atoms in total. The van der Waals surface area contributed by atoms with Crippen molar-refractivity contribution in [3.8, 4) is 11.4 Å². The van der Waals surface area contributed by atoms with Crippen LogP contribution in [-0.4, -0.2) is 21.9 Å². The Morgan fingerprint density at radius 2 is 1.84 bits per heavy atom. The lowest BCUT2D eigenvalue weighted by molar-refractivity contribution is -0.137. The summed E-state index contributed by atoms with van der Waals surface area (Å²) in [7, 11) is 0. The number of ether oxygens (including phenoxy) is 1. The van der Waals surface area contributed by atoms with Crippen molar-refractivity contribution in [3.05, 3.63) is 75.7 Å². The predicted octanol–water partition coefficient (Wildman–Crippen LogP) is 5.59. The molecule has 0 spiro atoms. The molecule has 31 heavy (non-hydrogen) atoms. The highest BCUT2D eigenvalue weighted by Gasteiger charge is 2.30. The Kier molecular flexibility index (Phi) is 6.34. The summed E-state index contributed by atoms with van der Waals surface area (Å²) in [6.45, 7) is 2.45. The highest BCUT2D eigenvalue weighted by molar-refractivity contribution is 7.99. The molecule has 2 aromatic carbocycles. The number of benzene rings is 2. The number of nitrogens with zero attached hydrogens (tertiary/aromatic N) is 2. The molecule has 2 heterocycles. The van der Waals surface area contributed by atoms with Gasteiger partial charge in [0.25, 0.3) is 5.56 Å². The standard InChI is InChI=1S/C22H19F3N2O2S2/c1-2-29-17-9-7-16(8-10-17)27-20(28)19-18(11-12-30-19)26-21(27)31-13-14-3-5-15(6-4-14)22(23,24)25/h3-10H,2,11-13H2,1H3. The Hall–Kier alpha value is -2.39. The van der Waals surface area contributed by atoms with Crippen molar-refractivity contribution in [1.82, 2.24) is 9.55 Å². The van der Waals surface area contributed by atoms with E-state index in [1.54, 1.807) is 16.7 Å². The molecule has 0 N–H and O–H groups in total. The minimum atomic E-state index is -4.36. The monoisotopic (exact) mass is 464 g/mol. The van der Waals surface area contributed by atoms with E-state index < -0.39 is 11.7 Å². The molecule has 0 atom stereocenters. The summed E-state index contributed by atoms with van der Waals surface area (Å²) >= 11 is 2.84. The van der Waals surface area contributed by atoms with E-state index in [2.05, 4.69) is 0 Å². The number of halogens is 3. The van der Waals surface area contributed by atoms with Crippen molar-refractivity contribution in [2.24, 2.45) is 0 Å².